The summed E-state index contributed by atoms with van der Waals surface area (Å²) < 4.78 is 0. The molecule has 2 nitrogen and oxygen atoms in total. The van der Waals surface area contributed by atoms with Crippen LogP contribution < -0.4 is 5.73 Å². The standard InChI is InChI=1S/C11H14N2/c1-3-8-5-9(4-2)10(7-12)11(13)6-8/h5-6H,3-4,13H2,1-2H3. The smallest absolute Gasteiger partial charge is 0.102 e. The lowest BCUT2D eigenvalue weighted by atomic mass is 9.99. The summed E-state index contributed by atoms with van der Waals surface area (Å²) in [4.78, 5) is 0. The van der Waals surface area contributed by atoms with Crippen LogP contribution in [0.4, 0.5) is 5.69 Å². The lowest BCUT2D eigenvalue weighted by molar-refractivity contribution is 1.08. The summed E-state index contributed by atoms with van der Waals surface area (Å²) in [5.74, 6) is 0. The predicted octanol–water partition coefficient (Wildman–Crippen LogP) is 2.27. The number of hydrogen-bond donors (Lipinski definition) is 1. The van der Waals surface area contributed by atoms with Crippen molar-refractivity contribution >= 4 is 5.69 Å². The van der Waals surface area contributed by atoms with Crippen LogP contribution in [-0.2, 0) is 12.8 Å². The molecule has 68 valence electrons. The number of nitriles is 1. The molecule has 0 saturated heterocycles. The maximum absolute atomic E-state index is 8.86. The molecule has 1 rings (SSSR count). The Hall–Kier alpha value is -1.49. The number of rotatable bonds is 2. The highest BCUT2D eigenvalue weighted by Gasteiger charge is 2.05. The second-order valence-corrected chi connectivity index (χ2v) is 3.04. The topological polar surface area (TPSA) is 49.8 Å². The SMILES string of the molecule is CCc1cc(N)c(C#N)c(CC)c1. The zero-order chi connectivity index (χ0) is 9.84. The summed E-state index contributed by atoms with van der Waals surface area (Å²) in [6.07, 6.45) is 1.82. The molecule has 0 unspecified atom stereocenters. The molecule has 0 radical (unpaired) electrons. The van der Waals surface area contributed by atoms with Gasteiger partial charge in [-0.05, 0) is 30.0 Å². The van der Waals surface area contributed by atoms with Crippen LogP contribution in [0.1, 0.15) is 30.5 Å². The summed E-state index contributed by atoms with van der Waals surface area (Å²) in [5.41, 5.74) is 9.27. The van der Waals surface area contributed by atoms with Gasteiger partial charge in [0.1, 0.15) is 6.07 Å². The number of anilines is 1. The van der Waals surface area contributed by atoms with Gasteiger partial charge in [0.2, 0.25) is 0 Å². The number of benzene rings is 1. The largest absolute Gasteiger partial charge is 0.398 e. The maximum atomic E-state index is 8.86. The molecule has 0 amide bonds. The van der Waals surface area contributed by atoms with Gasteiger partial charge in [0.25, 0.3) is 0 Å². The lowest BCUT2D eigenvalue weighted by Gasteiger charge is -2.06. The van der Waals surface area contributed by atoms with Crippen molar-refractivity contribution in [2.75, 3.05) is 5.73 Å². The predicted molar refractivity (Wildman–Crippen MR) is 54.3 cm³/mol. The van der Waals surface area contributed by atoms with Crippen molar-refractivity contribution < 1.29 is 0 Å². The summed E-state index contributed by atoms with van der Waals surface area (Å²) in [5, 5.41) is 8.86. The zero-order valence-corrected chi connectivity index (χ0v) is 8.09. The molecule has 0 saturated carbocycles. The molecule has 0 fully saturated rings. The minimum Gasteiger partial charge on any atom is -0.398 e. The van der Waals surface area contributed by atoms with E-state index < -0.39 is 0 Å². The number of nitrogen functional groups attached to an aromatic ring is 1. The molecule has 0 bridgehead atoms. The van der Waals surface area contributed by atoms with Gasteiger partial charge in [0, 0.05) is 5.69 Å². The van der Waals surface area contributed by atoms with Gasteiger partial charge in [0.15, 0.2) is 0 Å². The zero-order valence-electron chi connectivity index (χ0n) is 8.09. The van der Waals surface area contributed by atoms with Crippen molar-refractivity contribution in [2.24, 2.45) is 0 Å². The van der Waals surface area contributed by atoms with Crippen LogP contribution >= 0.6 is 0 Å². The minimum atomic E-state index is 0.610. The van der Waals surface area contributed by atoms with Crippen LogP contribution in [0.15, 0.2) is 12.1 Å². The van der Waals surface area contributed by atoms with E-state index in [2.05, 4.69) is 19.1 Å². The first-order valence-corrected chi connectivity index (χ1v) is 4.54. The van der Waals surface area contributed by atoms with E-state index in [-0.39, 0.29) is 0 Å². The van der Waals surface area contributed by atoms with Crippen molar-refractivity contribution in [1.82, 2.24) is 0 Å². The molecule has 0 atom stereocenters. The van der Waals surface area contributed by atoms with Gasteiger partial charge in [0.05, 0.1) is 5.56 Å². The van der Waals surface area contributed by atoms with Gasteiger partial charge in [-0.15, -0.1) is 0 Å². The van der Waals surface area contributed by atoms with Gasteiger partial charge in [-0.3, -0.25) is 0 Å². The Bertz CT molecular complexity index is 348. The summed E-state index contributed by atoms with van der Waals surface area (Å²) in [6.45, 7) is 4.12. The number of hydrogen-bond acceptors (Lipinski definition) is 2. The van der Waals surface area contributed by atoms with Crippen LogP contribution in [-0.4, -0.2) is 0 Å². The molecule has 0 aliphatic heterocycles. The van der Waals surface area contributed by atoms with E-state index in [1.165, 1.54) is 5.56 Å². The Morgan fingerprint density at radius 1 is 1.31 bits per heavy atom. The quantitative estimate of drug-likeness (QED) is 0.699. The fourth-order valence-electron chi connectivity index (χ4n) is 1.41. The van der Waals surface area contributed by atoms with E-state index in [0.717, 1.165) is 18.4 Å². The van der Waals surface area contributed by atoms with Crippen molar-refractivity contribution in [3.63, 3.8) is 0 Å². The van der Waals surface area contributed by atoms with E-state index in [1.807, 2.05) is 13.0 Å². The van der Waals surface area contributed by atoms with Crippen molar-refractivity contribution in [1.29, 1.82) is 5.26 Å². The fraction of sp³-hybridized carbons (Fsp3) is 0.364. The van der Waals surface area contributed by atoms with E-state index in [1.54, 1.807) is 0 Å². The average molecular weight is 174 g/mol. The Kier molecular flexibility index (Phi) is 2.92. The summed E-state index contributed by atoms with van der Waals surface area (Å²) >= 11 is 0. The highest BCUT2D eigenvalue weighted by atomic mass is 14.6. The maximum Gasteiger partial charge on any atom is 0.102 e. The second-order valence-electron chi connectivity index (χ2n) is 3.04. The Morgan fingerprint density at radius 3 is 2.46 bits per heavy atom. The first-order valence-electron chi connectivity index (χ1n) is 4.54. The monoisotopic (exact) mass is 174 g/mol. The third kappa shape index (κ3) is 1.81. The highest BCUT2D eigenvalue weighted by Crippen LogP contribution is 2.19. The van der Waals surface area contributed by atoms with Gasteiger partial charge in [-0.1, -0.05) is 19.9 Å². The number of nitrogens with two attached hydrogens (primary N) is 1. The van der Waals surface area contributed by atoms with Gasteiger partial charge in [-0.25, -0.2) is 0 Å². The molecule has 0 spiro atoms. The van der Waals surface area contributed by atoms with Crippen LogP contribution in [0, 0.1) is 11.3 Å². The van der Waals surface area contributed by atoms with Crippen molar-refractivity contribution in [3.8, 4) is 6.07 Å². The van der Waals surface area contributed by atoms with E-state index in [9.17, 15) is 0 Å². The molecule has 0 aliphatic rings. The van der Waals surface area contributed by atoms with Crippen LogP contribution in [0.25, 0.3) is 0 Å². The molecule has 2 N–H and O–H groups in total. The van der Waals surface area contributed by atoms with Crippen molar-refractivity contribution in [2.45, 2.75) is 26.7 Å². The summed E-state index contributed by atoms with van der Waals surface area (Å²) in [7, 11) is 0. The first-order chi connectivity index (χ1) is 6.22. The molecule has 13 heavy (non-hydrogen) atoms. The molecule has 0 aliphatic carbocycles. The van der Waals surface area contributed by atoms with Gasteiger partial charge < -0.3 is 5.73 Å². The highest BCUT2D eigenvalue weighted by molar-refractivity contribution is 5.59. The van der Waals surface area contributed by atoms with Gasteiger partial charge >= 0.3 is 0 Å². The third-order valence-corrected chi connectivity index (χ3v) is 2.21. The van der Waals surface area contributed by atoms with Crippen LogP contribution in [0.5, 0.6) is 0 Å². The van der Waals surface area contributed by atoms with Gasteiger partial charge in [-0.2, -0.15) is 5.26 Å². The molecule has 1 aromatic carbocycles. The molecule has 1 aromatic rings. The van der Waals surface area contributed by atoms with Crippen LogP contribution in [0.3, 0.4) is 0 Å². The van der Waals surface area contributed by atoms with E-state index in [0.29, 0.717) is 11.3 Å². The summed E-state index contributed by atoms with van der Waals surface area (Å²) in [6, 6.07) is 6.09. The molecule has 0 aromatic heterocycles. The minimum absolute atomic E-state index is 0.610. The molecular formula is C11H14N2. The Morgan fingerprint density at radius 2 is 2.00 bits per heavy atom. The van der Waals surface area contributed by atoms with Crippen molar-refractivity contribution in [3.05, 3.63) is 28.8 Å². The molecule has 2 heteroatoms. The first kappa shape index (κ1) is 9.60. The second kappa shape index (κ2) is 3.95. The normalized spacial score (nSPS) is 9.62. The fourth-order valence-corrected chi connectivity index (χ4v) is 1.41. The Balaban J connectivity index is 3.31. The lowest BCUT2D eigenvalue weighted by Crippen LogP contribution is -1.98. The van der Waals surface area contributed by atoms with E-state index >= 15 is 0 Å². The number of aryl methyl sites for hydroxylation is 2. The third-order valence-electron chi connectivity index (χ3n) is 2.21. The molecular weight excluding hydrogens is 160 g/mol. The average Bonchev–Trinajstić information content (AvgIpc) is 2.16. The molecule has 0 heterocycles. The van der Waals surface area contributed by atoms with Crippen LogP contribution in [0.2, 0.25) is 0 Å². The Labute approximate surface area is 79.0 Å². The number of nitrogens with zero attached hydrogens (tertiary/aromatic N) is 1. The van der Waals surface area contributed by atoms with E-state index in [4.69, 9.17) is 11.0 Å².